The van der Waals surface area contributed by atoms with Gasteiger partial charge < -0.3 is 15.4 Å². The molecule has 0 aliphatic heterocycles. The summed E-state index contributed by atoms with van der Waals surface area (Å²) < 4.78 is 7.44. The third-order valence-electron chi connectivity index (χ3n) is 6.02. The molecule has 4 rings (SSSR count). The molecule has 4 aromatic rings. The Morgan fingerprint density at radius 2 is 1.42 bits per heavy atom. The molecule has 0 spiro atoms. The zero-order valence-electron chi connectivity index (χ0n) is 21.3. The van der Waals surface area contributed by atoms with E-state index in [0.717, 1.165) is 21.7 Å². The number of thiazole rings is 1. The summed E-state index contributed by atoms with van der Waals surface area (Å²) in [6.07, 6.45) is 6.35. The minimum absolute atomic E-state index is 0.129. The summed E-state index contributed by atoms with van der Waals surface area (Å²) in [6.45, 7) is 0.129. The molecular weight excluding hydrogens is 494 g/mol. The molecule has 2 amide bonds. The molecule has 2 atom stereocenters. The molecule has 0 saturated carbocycles. The average Bonchev–Trinajstić information content (AvgIpc) is 3.36. The third kappa shape index (κ3) is 8.42. The van der Waals surface area contributed by atoms with Crippen LogP contribution in [-0.2, 0) is 36.0 Å². The fourth-order valence-electron chi connectivity index (χ4n) is 3.99. The number of aryl methyl sites for hydroxylation is 1. The van der Waals surface area contributed by atoms with Gasteiger partial charge in [0, 0.05) is 12.5 Å². The van der Waals surface area contributed by atoms with Crippen LogP contribution in [0.4, 0.5) is 4.79 Å². The van der Waals surface area contributed by atoms with Gasteiger partial charge in [0.05, 0.1) is 11.4 Å². The van der Waals surface area contributed by atoms with Gasteiger partial charge in [-0.2, -0.15) is 4.57 Å². The van der Waals surface area contributed by atoms with Gasteiger partial charge in [0.2, 0.25) is 5.91 Å². The molecule has 0 fully saturated rings. The Morgan fingerprint density at radius 3 is 2.00 bits per heavy atom. The van der Waals surface area contributed by atoms with E-state index in [4.69, 9.17) is 4.74 Å². The maximum Gasteiger partial charge on any atom is 0.408 e. The summed E-state index contributed by atoms with van der Waals surface area (Å²) >= 11 is 1.63. The number of nitrogens with zero attached hydrogens (tertiary/aromatic N) is 1. The quantitative estimate of drug-likeness (QED) is 0.275. The number of hydrogen-bond acceptors (Lipinski definition) is 4. The maximum atomic E-state index is 13.6. The molecule has 0 radical (unpaired) electrons. The highest BCUT2D eigenvalue weighted by Crippen LogP contribution is 2.11. The van der Waals surface area contributed by atoms with E-state index in [9.17, 15) is 9.59 Å². The lowest BCUT2D eigenvalue weighted by Gasteiger charge is -2.22. The van der Waals surface area contributed by atoms with Crippen LogP contribution in [0.1, 0.15) is 21.7 Å². The highest BCUT2D eigenvalue weighted by Gasteiger charge is 2.24. The van der Waals surface area contributed by atoms with E-state index in [0.29, 0.717) is 12.8 Å². The van der Waals surface area contributed by atoms with Gasteiger partial charge in [0.1, 0.15) is 19.7 Å². The number of hydrogen-bond donors (Lipinski definition) is 2. The molecule has 6 nitrogen and oxygen atoms in total. The molecule has 1 heterocycles. The molecule has 38 heavy (non-hydrogen) atoms. The van der Waals surface area contributed by atoms with E-state index in [2.05, 4.69) is 10.6 Å². The van der Waals surface area contributed by atoms with Gasteiger partial charge in [-0.1, -0.05) is 108 Å². The molecule has 0 saturated heterocycles. The van der Waals surface area contributed by atoms with Crippen LogP contribution in [0.5, 0.6) is 0 Å². The molecule has 2 N–H and O–H groups in total. The SMILES string of the molecule is C[n+]1ccsc1/C=C/C(Cc1ccccc1)NC(=O)C(Cc1ccccc1)NC(=O)OCc1ccccc1. The van der Waals surface area contributed by atoms with Crippen molar-refractivity contribution in [1.29, 1.82) is 0 Å². The summed E-state index contributed by atoms with van der Waals surface area (Å²) in [7, 11) is 1.99. The Morgan fingerprint density at radius 1 is 0.842 bits per heavy atom. The van der Waals surface area contributed by atoms with Crippen molar-refractivity contribution in [3.63, 3.8) is 0 Å². The second-order valence-electron chi connectivity index (χ2n) is 8.96. The van der Waals surface area contributed by atoms with E-state index < -0.39 is 12.1 Å². The van der Waals surface area contributed by atoms with Crippen LogP contribution in [0.3, 0.4) is 0 Å². The molecule has 1 aromatic heterocycles. The van der Waals surface area contributed by atoms with Gasteiger partial charge in [-0.05, 0) is 23.1 Å². The number of rotatable bonds is 11. The Kier molecular flexibility index (Phi) is 9.82. The van der Waals surface area contributed by atoms with Crippen molar-refractivity contribution >= 4 is 29.4 Å². The monoisotopic (exact) mass is 526 g/mol. The molecule has 0 bridgehead atoms. The molecule has 3 aromatic carbocycles. The number of ether oxygens (including phenoxy) is 1. The zero-order valence-corrected chi connectivity index (χ0v) is 22.1. The van der Waals surface area contributed by atoms with Gasteiger partial charge in [0.25, 0.3) is 5.01 Å². The van der Waals surface area contributed by atoms with Crippen molar-refractivity contribution in [3.8, 4) is 0 Å². The summed E-state index contributed by atoms with van der Waals surface area (Å²) in [5, 5.41) is 9.02. The molecule has 2 unspecified atom stereocenters. The first-order valence-electron chi connectivity index (χ1n) is 12.5. The molecular formula is C31H32N3O3S+. The first-order valence-corrected chi connectivity index (χ1v) is 13.4. The number of carbonyl (C=O) groups is 2. The van der Waals surface area contributed by atoms with Crippen LogP contribution < -0.4 is 15.2 Å². The predicted molar refractivity (Wildman–Crippen MR) is 150 cm³/mol. The van der Waals surface area contributed by atoms with Gasteiger partial charge in [-0.25, -0.2) is 4.79 Å². The van der Waals surface area contributed by atoms with E-state index in [1.54, 1.807) is 11.3 Å². The largest absolute Gasteiger partial charge is 0.445 e. The normalized spacial score (nSPS) is 12.6. The lowest BCUT2D eigenvalue weighted by molar-refractivity contribution is -0.668. The van der Waals surface area contributed by atoms with Gasteiger partial charge >= 0.3 is 6.09 Å². The smallest absolute Gasteiger partial charge is 0.408 e. The van der Waals surface area contributed by atoms with Crippen molar-refractivity contribution in [3.05, 3.63) is 130 Å². The standard InChI is InChI=1S/C31H31N3O3S/c1-34-19-20-38-29(34)18-17-27(21-24-11-5-2-6-12-24)32-30(35)28(22-25-13-7-3-8-14-25)33-31(36)37-23-26-15-9-4-10-16-26/h2-20,27-28H,21-23H2,1H3,(H-,32,33,35,36)/p+1/b18-17+. The first-order chi connectivity index (χ1) is 18.6. The number of amides is 2. The van der Waals surface area contributed by atoms with Crippen molar-refractivity contribution in [2.45, 2.75) is 31.5 Å². The Labute approximate surface area is 227 Å². The lowest BCUT2D eigenvalue weighted by Crippen LogP contribution is -2.50. The molecule has 0 aliphatic carbocycles. The van der Waals surface area contributed by atoms with Gasteiger partial charge in [0.15, 0.2) is 6.20 Å². The van der Waals surface area contributed by atoms with Crippen molar-refractivity contribution in [2.75, 3.05) is 0 Å². The fraction of sp³-hybridized carbons (Fsp3) is 0.194. The van der Waals surface area contributed by atoms with Crippen LogP contribution in [-0.4, -0.2) is 24.1 Å². The Hall–Kier alpha value is -4.23. The summed E-state index contributed by atoms with van der Waals surface area (Å²) in [5.41, 5.74) is 2.92. The van der Waals surface area contributed by atoms with E-state index in [1.807, 2.05) is 126 Å². The van der Waals surface area contributed by atoms with Crippen LogP contribution >= 0.6 is 11.3 Å². The van der Waals surface area contributed by atoms with Crippen LogP contribution in [0.2, 0.25) is 0 Å². The first kappa shape index (κ1) is 26.8. The minimum atomic E-state index is -0.801. The predicted octanol–water partition coefficient (Wildman–Crippen LogP) is 4.85. The topological polar surface area (TPSA) is 71.3 Å². The Balaban J connectivity index is 1.48. The number of aromatic nitrogens is 1. The van der Waals surface area contributed by atoms with Crippen molar-refractivity contribution in [2.24, 2.45) is 7.05 Å². The highest BCUT2D eigenvalue weighted by molar-refractivity contribution is 7.10. The fourth-order valence-corrected chi connectivity index (χ4v) is 4.76. The number of carbonyl (C=O) groups excluding carboxylic acids is 2. The summed E-state index contributed by atoms with van der Waals surface area (Å²) in [5.74, 6) is -0.272. The second-order valence-corrected chi connectivity index (χ2v) is 9.89. The van der Waals surface area contributed by atoms with E-state index in [1.165, 1.54) is 0 Å². The zero-order chi connectivity index (χ0) is 26.6. The highest BCUT2D eigenvalue weighted by atomic mass is 32.1. The van der Waals surface area contributed by atoms with Crippen LogP contribution in [0.25, 0.3) is 6.08 Å². The summed E-state index contributed by atoms with van der Waals surface area (Å²) in [6, 6.07) is 28.0. The molecule has 7 heteroatoms. The number of nitrogens with one attached hydrogen (secondary N) is 2. The van der Waals surface area contributed by atoms with Crippen LogP contribution in [0.15, 0.2) is 109 Å². The second kappa shape index (κ2) is 13.9. The maximum absolute atomic E-state index is 13.6. The number of alkyl carbamates (subject to hydrolysis) is 1. The summed E-state index contributed by atoms with van der Waals surface area (Å²) in [4.78, 5) is 26.3. The molecule has 194 valence electrons. The number of benzene rings is 3. The lowest BCUT2D eigenvalue weighted by atomic mass is 10.0. The Bertz CT molecular complexity index is 1320. The molecule has 0 aliphatic rings. The van der Waals surface area contributed by atoms with Gasteiger partial charge in [-0.3, -0.25) is 4.79 Å². The van der Waals surface area contributed by atoms with Crippen molar-refractivity contribution < 1.29 is 18.9 Å². The van der Waals surface area contributed by atoms with E-state index >= 15 is 0 Å². The van der Waals surface area contributed by atoms with Gasteiger partial charge in [-0.15, -0.1) is 0 Å². The minimum Gasteiger partial charge on any atom is -0.445 e. The third-order valence-corrected chi connectivity index (χ3v) is 6.95. The average molecular weight is 527 g/mol. The van der Waals surface area contributed by atoms with Crippen LogP contribution in [0, 0.1) is 0 Å². The van der Waals surface area contributed by atoms with E-state index in [-0.39, 0.29) is 18.6 Å². The van der Waals surface area contributed by atoms with Crippen molar-refractivity contribution in [1.82, 2.24) is 10.6 Å².